The van der Waals surface area contributed by atoms with Crippen LogP contribution in [0.3, 0.4) is 0 Å². The number of amides is 4. The predicted molar refractivity (Wildman–Crippen MR) is 257 cm³/mol. The van der Waals surface area contributed by atoms with E-state index < -0.39 is 47.0 Å². The number of rotatable bonds is 19. The number of benzene rings is 2. The number of carbonyl (C=O) groups excluding carboxylic acids is 4. The number of alkyl halides is 1. The van der Waals surface area contributed by atoms with Gasteiger partial charge in [0, 0.05) is 57.4 Å². The summed E-state index contributed by atoms with van der Waals surface area (Å²) in [6, 6.07) is 8.87. The molecule has 0 radical (unpaired) electrons. The first-order valence-corrected chi connectivity index (χ1v) is 24.2. The second kappa shape index (κ2) is 21.8. The van der Waals surface area contributed by atoms with Crippen LogP contribution in [0.15, 0.2) is 48.1 Å². The Morgan fingerprint density at radius 1 is 1.04 bits per heavy atom. The molecule has 4 amide bonds. The highest BCUT2D eigenvalue weighted by molar-refractivity contribution is 7.13. The van der Waals surface area contributed by atoms with Gasteiger partial charge in [0.15, 0.2) is 5.67 Å². The minimum absolute atomic E-state index is 0.0152. The van der Waals surface area contributed by atoms with E-state index in [0.29, 0.717) is 77.3 Å². The van der Waals surface area contributed by atoms with Gasteiger partial charge in [-0.05, 0) is 80.2 Å². The zero-order valence-corrected chi connectivity index (χ0v) is 40.9. The van der Waals surface area contributed by atoms with Gasteiger partial charge in [-0.3, -0.25) is 19.2 Å². The standard InChI is InChI=1S/C48H61ClFN9O8S/c1-28-39(68-27-54-28)30-7-8-32(24-52-42(61)36-23-33(60)26-59(36)44(63)40(47(2,3)4)56-45(64)48(50)14-15-48)37(21-30)67-20-19-66-18-13-29-11-16-58(17-12-29)43(62)31-9-10-35(38(22-31)65-6)55-46-53-25-34(49)41(51-5)57-46/h7-10,21-22,25,27,29,33,36,40,60H,11-20,23-24,26H2,1-6H3,(H,52,61)(H,56,64)(H2,51,53,55,57)/t33-,36+,40-/m1/s1. The third-order valence-electron chi connectivity index (χ3n) is 12.6. The van der Waals surface area contributed by atoms with Crippen molar-refractivity contribution in [2.75, 3.05) is 64.2 Å². The number of anilines is 3. The van der Waals surface area contributed by atoms with E-state index in [9.17, 15) is 28.7 Å². The van der Waals surface area contributed by atoms with Crippen LogP contribution < -0.4 is 30.7 Å². The molecule has 1 saturated carbocycles. The normalized spacial score (nSPS) is 18.4. The quantitative estimate of drug-likeness (QED) is 0.0654. The summed E-state index contributed by atoms with van der Waals surface area (Å²) < 4.78 is 32.6. The first-order valence-electron chi connectivity index (χ1n) is 22.9. The van der Waals surface area contributed by atoms with E-state index in [2.05, 4.69) is 36.2 Å². The Kier molecular flexibility index (Phi) is 16.1. The number of aromatic nitrogens is 3. The number of carbonyl (C=O) groups is 4. The van der Waals surface area contributed by atoms with E-state index in [-0.39, 0.29) is 44.9 Å². The van der Waals surface area contributed by atoms with Crippen LogP contribution in [0.2, 0.25) is 5.02 Å². The molecule has 2 aromatic heterocycles. The summed E-state index contributed by atoms with van der Waals surface area (Å²) in [6.07, 6.45) is 3.30. The molecule has 1 aliphatic carbocycles. The van der Waals surface area contributed by atoms with Crippen LogP contribution in [-0.4, -0.2) is 131 Å². The zero-order valence-electron chi connectivity index (χ0n) is 39.3. The van der Waals surface area contributed by atoms with Gasteiger partial charge in [0.05, 0.1) is 47.8 Å². The molecule has 3 fully saturated rings. The van der Waals surface area contributed by atoms with E-state index in [1.165, 1.54) is 22.4 Å². The second-order valence-corrected chi connectivity index (χ2v) is 19.9. The van der Waals surface area contributed by atoms with Crippen molar-refractivity contribution in [3.8, 4) is 21.9 Å². The average Bonchev–Trinajstić information content (AvgIpc) is 3.73. The number of piperidine rings is 1. The molecule has 2 aromatic carbocycles. The highest BCUT2D eigenvalue weighted by Gasteiger charge is 2.53. The van der Waals surface area contributed by atoms with Gasteiger partial charge in [0.1, 0.15) is 41.0 Å². The average molecular weight is 979 g/mol. The summed E-state index contributed by atoms with van der Waals surface area (Å²) in [5, 5.41) is 22.6. The van der Waals surface area contributed by atoms with Crippen LogP contribution >= 0.6 is 22.9 Å². The van der Waals surface area contributed by atoms with Crippen molar-refractivity contribution in [3.63, 3.8) is 0 Å². The highest BCUT2D eigenvalue weighted by Crippen LogP contribution is 2.41. The summed E-state index contributed by atoms with van der Waals surface area (Å²) in [4.78, 5) is 71.1. The van der Waals surface area contributed by atoms with E-state index in [1.54, 1.807) is 58.6 Å². The molecular weight excluding hydrogens is 917 g/mol. The number of β-amino-alcohol motifs (C(OH)–C–C–N with tert-alkyl or cyclic N) is 1. The monoisotopic (exact) mass is 977 g/mol. The number of thiazole rings is 1. The van der Waals surface area contributed by atoms with Gasteiger partial charge in [0.2, 0.25) is 17.8 Å². The third kappa shape index (κ3) is 12.1. The van der Waals surface area contributed by atoms with Crippen molar-refractivity contribution in [2.24, 2.45) is 11.3 Å². The molecule has 68 heavy (non-hydrogen) atoms. The summed E-state index contributed by atoms with van der Waals surface area (Å²) in [6.45, 7) is 9.55. The number of halogens is 2. The molecule has 4 heterocycles. The number of hydrogen-bond acceptors (Lipinski definition) is 14. The first kappa shape index (κ1) is 50.3. The Morgan fingerprint density at radius 2 is 1.81 bits per heavy atom. The number of nitrogens with zero attached hydrogens (tertiary/aromatic N) is 5. The van der Waals surface area contributed by atoms with Gasteiger partial charge < -0.3 is 50.4 Å². The number of methoxy groups -OCH3 is 1. The molecule has 2 saturated heterocycles. The van der Waals surface area contributed by atoms with Gasteiger partial charge in [-0.15, -0.1) is 11.3 Å². The molecule has 0 bridgehead atoms. The SMILES string of the molecule is CNc1nc(Nc2ccc(C(=O)N3CCC(CCOCCOc4cc(-c5scnc5C)ccc4CNC(=O)[C@@H]4C[C@@H](O)CN4C(=O)[C@@H](NC(=O)C4(F)CC4)C(C)(C)C)CC3)cc2OC)ncc1Cl. The Hall–Kier alpha value is -5.63. The summed E-state index contributed by atoms with van der Waals surface area (Å²) in [5.74, 6) is 0.309. The van der Waals surface area contributed by atoms with Crippen LogP contribution in [0.4, 0.5) is 21.8 Å². The van der Waals surface area contributed by atoms with Crippen LogP contribution in [0, 0.1) is 18.3 Å². The van der Waals surface area contributed by atoms with Crippen molar-refractivity contribution in [2.45, 2.75) is 96.6 Å². The molecule has 0 spiro atoms. The van der Waals surface area contributed by atoms with E-state index in [1.807, 2.05) is 30.0 Å². The molecule has 20 heteroatoms. The number of aliphatic hydroxyl groups is 1. The van der Waals surface area contributed by atoms with Gasteiger partial charge in [0.25, 0.3) is 11.8 Å². The van der Waals surface area contributed by atoms with Gasteiger partial charge in [-0.2, -0.15) is 4.98 Å². The van der Waals surface area contributed by atoms with Crippen molar-refractivity contribution in [1.82, 2.24) is 35.4 Å². The fraction of sp³-hybridized carbons (Fsp3) is 0.521. The largest absolute Gasteiger partial charge is 0.495 e. The molecule has 3 atom stereocenters. The van der Waals surface area contributed by atoms with Gasteiger partial charge in [-0.25, -0.2) is 14.4 Å². The third-order valence-corrected chi connectivity index (χ3v) is 13.9. The minimum atomic E-state index is -1.98. The first-order chi connectivity index (χ1) is 32.5. The lowest BCUT2D eigenvalue weighted by Gasteiger charge is -2.35. The maximum Gasteiger partial charge on any atom is 0.258 e. The number of ether oxygens (including phenoxy) is 3. The molecule has 7 rings (SSSR count). The van der Waals surface area contributed by atoms with Crippen molar-refractivity contribution in [3.05, 3.63) is 69.9 Å². The Labute approximate surface area is 404 Å². The summed E-state index contributed by atoms with van der Waals surface area (Å²) >= 11 is 7.64. The van der Waals surface area contributed by atoms with Crippen molar-refractivity contribution in [1.29, 1.82) is 0 Å². The number of aryl methyl sites for hydroxylation is 1. The lowest BCUT2D eigenvalue weighted by molar-refractivity contribution is -0.145. The lowest BCUT2D eigenvalue weighted by atomic mass is 9.85. The van der Waals surface area contributed by atoms with Crippen molar-refractivity contribution < 1.29 is 42.9 Å². The number of likely N-dealkylation sites (tertiary alicyclic amines) is 2. The zero-order chi connectivity index (χ0) is 48.8. The fourth-order valence-electron chi connectivity index (χ4n) is 8.39. The summed E-state index contributed by atoms with van der Waals surface area (Å²) in [7, 11) is 3.26. The Balaban J connectivity index is 0.890. The number of aliphatic hydroxyl groups excluding tert-OH is 1. The van der Waals surface area contributed by atoms with Crippen molar-refractivity contribution >= 4 is 64.0 Å². The molecule has 17 nitrogen and oxygen atoms in total. The summed E-state index contributed by atoms with van der Waals surface area (Å²) in [5.41, 5.74) is 2.63. The number of nitrogens with one attached hydrogen (secondary N) is 4. The smallest absolute Gasteiger partial charge is 0.258 e. The Bertz CT molecular complexity index is 2460. The van der Waals surface area contributed by atoms with Gasteiger partial charge >= 0.3 is 0 Å². The molecular formula is C48H61ClFN9O8S. The van der Waals surface area contributed by atoms with Gasteiger partial charge in [-0.1, -0.05) is 44.5 Å². The topological polar surface area (TPSA) is 209 Å². The van der Waals surface area contributed by atoms with E-state index in [0.717, 1.165) is 35.4 Å². The highest BCUT2D eigenvalue weighted by atomic mass is 35.5. The van der Waals surface area contributed by atoms with Crippen LogP contribution in [0.5, 0.6) is 11.5 Å². The second-order valence-electron chi connectivity index (χ2n) is 18.6. The molecule has 5 N–H and O–H groups in total. The molecule has 0 unspecified atom stereocenters. The Morgan fingerprint density at radius 3 is 2.49 bits per heavy atom. The maximum atomic E-state index is 14.6. The van der Waals surface area contributed by atoms with E-state index in [4.69, 9.17) is 25.8 Å². The molecule has 3 aliphatic rings. The maximum absolute atomic E-state index is 14.6. The number of hydrogen-bond donors (Lipinski definition) is 5. The van der Waals surface area contributed by atoms with Crippen LogP contribution in [0.25, 0.3) is 10.4 Å². The molecule has 2 aliphatic heterocycles. The predicted octanol–water partition coefficient (Wildman–Crippen LogP) is 6.30. The van der Waals surface area contributed by atoms with Crippen LogP contribution in [-0.2, 0) is 25.7 Å². The lowest BCUT2D eigenvalue weighted by Crippen LogP contribution is -2.59. The molecule has 4 aromatic rings. The molecule has 366 valence electrons. The minimum Gasteiger partial charge on any atom is -0.495 e. The van der Waals surface area contributed by atoms with Crippen LogP contribution in [0.1, 0.15) is 80.9 Å². The van der Waals surface area contributed by atoms with E-state index >= 15 is 0 Å². The fourth-order valence-corrected chi connectivity index (χ4v) is 9.38.